The molecule has 0 aliphatic carbocycles. The molecular weight excluding hydrogens is 386 g/mol. The molecule has 0 aliphatic heterocycles. The predicted octanol–water partition coefficient (Wildman–Crippen LogP) is 4.55. The fraction of sp³-hybridized carbons (Fsp3) is 0.263. The Morgan fingerprint density at radius 1 is 1.20 bits per heavy atom. The molecular formula is C19H20BrNO4. The summed E-state index contributed by atoms with van der Waals surface area (Å²) in [5.74, 6) is -0.489. The maximum absolute atomic E-state index is 12.3. The number of rotatable bonds is 5. The number of carbonyl (C=O) groups is 2. The highest BCUT2D eigenvalue weighted by Crippen LogP contribution is 2.22. The average Bonchev–Trinajstić information content (AvgIpc) is 2.94. The number of aryl methyl sites for hydroxylation is 3. The molecule has 0 saturated carbocycles. The number of ether oxygens (including phenoxy) is 1. The van der Waals surface area contributed by atoms with Gasteiger partial charge in [0.1, 0.15) is 5.76 Å². The van der Waals surface area contributed by atoms with Gasteiger partial charge in [-0.1, -0.05) is 17.7 Å². The van der Waals surface area contributed by atoms with E-state index in [0.717, 1.165) is 22.4 Å². The lowest BCUT2D eigenvalue weighted by Crippen LogP contribution is -2.30. The Labute approximate surface area is 155 Å². The molecule has 0 saturated heterocycles. The minimum absolute atomic E-state index is 0.377. The first-order valence-electron chi connectivity index (χ1n) is 7.79. The number of carbonyl (C=O) groups excluding carboxylic acids is 2. The third-order valence-corrected chi connectivity index (χ3v) is 3.99. The number of amides is 1. The third kappa shape index (κ3) is 5.32. The Balaban J connectivity index is 1.96. The van der Waals surface area contributed by atoms with E-state index in [9.17, 15) is 9.59 Å². The van der Waals surface area contributed by atoms with Crippen LogP contribution in [0.3, 0.4) is 0 Å². The van der Waals surface area contributed by atoms with Crippen LogP contribution in [0.25, 0.3) is 6.08 Å². The second kappa shape index (κ2) is 8.16. The fourth-order valence-corrected chi connectivity index (χ4v) is 2.76. The minimum Gasteiger partial charge on any atom is -0.450 e. The molecule has 5 nitrogen and oxygen atoms in total. The van der Waals surface area contributed by atoms with Crippen LogP contribution in [0.5, 0.6) is 0 Å². The lowest BCUT2D eigenvalue weighted by Gasteiger charge is -2.16. The smallest absolute Gasteiger partial charge is 0.331 e. The summed E-state index contributed by atoms with van der Waals surface area (Å²) in [7, 11) is 0. The molecule has 2 aromatic rings. The first kappa shape index (κ1) is 19.0. The van der Waals surface area contributed by atoms with Crippen molar-refractivity contribution in [2.75, 3.05) is 5.32 Å². The molecule has 6 heteroatoms. The zero-order valence-corrected chi connectivity index (χ0v) is 16.1. The number of esters is 1. The van der Waals surface area contributed by atoms with Crippen LogP contribution in [-0.2, 0) is 14.3 Å². The van der Waals surface area contributed by atoms with E-state index in [-0.39, 0.29) is 5.91 Å². The molecule has 1 aromatic carbocycles. The van der Waals surface area contributed by atoms with Gasteiger partial charge < -0.3 is 14.5 Å². The Morgan fingerprint density at radius 3 is 2.40 bits per heavy atom. The predicted molar refractivity (Wildman–Crippen MR) is 100 cm³/mol. The van der Waals surface area contributed by atoms with Crippen LogP contribution in [0.2, 0.25) is 0 Å². The number of furan rings is 1. The van der Waals surface area contributed by atoms with Gasteiger partial charge in [0.2, 0.25) is 0 Å². The van der Waals surface area contributed by atoms with Crippen molar-refractivity contribution >= 4 is 39.6 Å². The quantitative estimate of drug-likeness (QED) is 0.584. The number of nitrogens with one attached hydrogen (secondary N) is 1. The molecule has 1 atom stereocenters. The maximum Gasteiger partial charge on any atom is 0.331 e. The van der Waals surface area contributed by atoms with Gasteiger partial charge in [-0.15, -0.1) is 0 Å². The van der Waals surface area contributed by atoms with Gasteiger partial charge in [0.25, 0.3) is 5.91 Å². The maximum atomic E-state index is 12.3. The van der Waals surface area contributed by atoms with E-state index in [1.165, 1.54) is 19.1 Å². The summed E-state index contributed by atoms with van der Waals surface area (Å²) in [5.41, 5.74) is 3.80. The van der Waals surface area contributed by atoms with Gasteiger partial charge in [-0.25, -0.2) is 4.79 Å². The topological polar surface area (TPSA) is 68.5 Å². The number of hydrogen-bond donors (Lipinski definition) is 1. The molecule has 1 heterocycles. The highest BCUT2D eigenvalue weighted by Gasteiger charge is 2.18. The van der Waals surface area contributed by atoms with Gasteiger partial charge in [0.05, 0.1) is 0 Å². The zero-order valence-electron chi connectivity index (χ0n) is 14.6. The zero-order chi connectivity index (χ0) is 18.6. The van der Waals surface area contributed by atoms with Crippen molar-refractivity contribution in [2.45, 2.75) is 33.8 Å². The normalized spacial score (nSPS) is 12.2. The highest BCUT2D eigenvalue weighted by molar-refractivity contribution is 9.10. The van der Waals surface area contributed by atoms with Crippen LogP contribution in [-0.4, -0.2) is 18.0 Å². The van der Waals surface area contributed by atoms with Gasteiger partial charge in [0, 0.05) is 11.8 Å². The van der Waals surface area contributed by atoms with Gasteiger partial charge in [-0.3, -0.25) is 4.79 Å². The minimum atomic E-state index is -0.916. The average molecular weight is 406 g/mol. The van der Waals surface area contributed by atoms with Crippen LogP contribution >= 0.6 is 15.9 Å². The largest absolute Gasteiger partial charge is 0.450 e. The monoisotopic (exact) mass is 405 g/mol. The molecule has 1 unspecified atom stereocenters. The van der Waals surface area contributed by atoms with Crippen LogP contribution < -0.4 is 5.32 Å². The van der Waals surface area contributed by atoms with Gasteiger partial charge in [-0.05, 0) is 73.0 Å². The van der Waals surface area contributed by atoms with Crippen LogP contribution in [0, 0.1) is 20.8 Å². The molecule has 0 fully saturated rings. The Morgan fingerprint density at radius 2 is 1.84 bits per heavy atom. The molecule has 1 amide bonds. The van der Waals surface area contributed by atoms with E-state index in [0.29, 0.717) is 10.4 Å². The summed E-state index contributed by atoms with van der Waals surface area (Å²) < 4.78 is 10.9. The summed E-state index contributed by atoms with van der Waals surface area (Å²) >= 11 is 3.18. The van der Waals surface area contributed by atoms with E-state index in [1.54, 1.807) is 12.1 Å². The SMILES string of the molecule is Cc1cc(C)c(NC(=O)C(C)OC(=O)/C=C/c2ccc(Br)o2)c(C)c1. The second-order valence-electron chi connectivity index (χ2n) is 5.82. The highest BCUT2D eigenvalue weighted by atomic mass is 79.9. The number of hydrogen-bond acceptors (Lipinski definition) is 4. The van der Waals surface area contributed by atoms with E-state index < -0.39 is 12.1 Å². The second-order valence-corrected chi connectivity index (χ2v) is 6.60. The van der Waals surface area contributed by atoms with Crippen molar-refractivity contribution in [2.24, 2.45) is 0 Å². The Bertz CT molecular complexity index is 800. The standard InChI is InChI=1S/C19H20BrNO4/c1-11-9-12(2)18(13(3)10-11)21-19(23)14(4)24-17(22)8-6-15-5-7-16(20)25-15/h5-10,14H,1-4H3,(H,21,23)/b8-6+. The van der Waals surface area contributed by atoms with Crippen LogP contribution in [0.1, 0.15) is 29.4 Å². The molecule has 0 aliphatic rings. The molecule has 0 bridgehead atoms. The van der Waals surface area contributed by atoms with Crippen molar-refractivity contribution in [3.63, 3.8) is 0 Å². The molecule has 0 radical (unpaired) electrons. The van der Waals surface area contributed by atoms with E-state index >= 15 is 0 Å². The van der Waals surface area contributed by atoms with E-state index in [2.05, 4.69) is 21.2 Å². The van der Waals surface area contributed by atoms with Gasteiger partial charge >= 0.3 is 5.97 Å². The molecule has 2 rings (SSSR count). The van der Waals surface area contributed by atoms with Crippen molar-refractivity contribution in [1.29, 1.82) is 0 Å². The third-order valence-electron chi connectivity index (χ3n) is 3.57. The number of benzene rings is 1. The first-order chi connectivity index (χ1) is 11.8. The van der Waals surface area contributed by atoms with E-state index in [1.807, 2.05) is 32.9 Å². The summed E-state index contributed by atoms with van der Waals surface area (Å²) in [6, 6.07) is 7.40. The Hall–Kier alpha value is -2.34. The fourth-order valence-electron chi connectivity index (χ4n) is 2.44. The van der Waals surface area contributed by atoms with Crippen molar-refractivity contribution in [3.8, 4) is 0 Å². The lowest BCUT2D eigenvalue weighted by molar-refractivity contribution is -0.148. The van der Waals surface area contributed by atoms with Gasteiger partial charge in [0.15, 0.2) is 10.8 Å². The molecule has 0 spiro atoms. The van der Waals surface area contributed by atoms with Crippen LogP contribution in [0.15, 0.2) is 39.4 Å². The lowest BCUT2D eigenvalue weighted by atomic mass is 10.0. The molecule has 1 aromatic heterocycles. The van der Waals surface area contributed by atoms with Crippen molar-refractivity contribution in [3.05, 3.63) is 57.5 Å². The molecule has 132 valence electrons. The first-order valence-corrected chi connectivity index (χ1v) is 8.58. The van der Waals surface area contributed by atoms with E-state index in [4.69, 9.17) is 9.15 Å². The molecule has 25 heavy (non-hydrogen) atoms. The Kier molecular flexibility index (Phi) is 6.20. The number of anilines is 1. The molecule has 1 N–H and O–H groups in total. The van der Waals surface area contributed by atoms with Crippen molar-refractivity contribution < 1.29 is 18.7 Å². The van der Waals surface area contributed by atoms with Gasteiger partial charge in [-0.2, -0.15) is 0 Å². The van der Waals surface area contributed by atoms with Crippen molar-refractivity contribution in [1.82, 2.24) is 0 Å². The number of halogens is 1. The van der Waals surface area contributed by atoms with Crippen LogP contribution in [0.4, 0.5) is 5.69 Å². The summed E-state index contributed by atoms with van der Waals surface area (Å²) in [5, 5.41) is 2.82. The summed E-state index contributed by atoms with van der Waals surface area (Å²) in [4.78, 5) is 24.1. The summed E-state index contributed by atoms with van der Waals surface area (Å²) in [6.07, 6.45) is 1.78. The summed E-state index contributed by atoms with van der Waals surface area (Å²) in [6.45, 7) is 7.39.